The summed E-state index contributed by atoms with van der Waals surface area (Å²) in [7, 11) is 0. The second kappa shape index (κ2) is 5.93. The van der Waals surface area contributed by atoms with E-state index < -0.39 is 36.1 Å². The summed E-state index contributed by atoms with van der Waals surface area (Å²) in [6.07, 6.45) is -12.9. The highest BCUT2D eigenvalue weighted by molar-refractivity contribution is 5.91. The number of benzene rings is 1. The van der Waals surface area contributed by atoms with Gasteiger partial charge in [0.05, 0.1) is 5.69 Å². The molecule has 0 aliphatic rings. The molecule has 0 fully saturated rings. The molecule has 1 aromatic carbocycles. The average Bonchev–Trinajstić information content (AvgIpc) is 2.35. The maximum Gasteiger partial charge on any atom is 0.420 e. The topological polar surface area (TPSA) is 61.4 Å². The first-order valence-corrected chi connectivity index (χ1v) is 5.95. The number of para-hydroxylation sites is 2. The first-order chi connectivity index (χ1) is 9.94. The van der Waals surface area contributed by atoms with Gasteiger partial charge in [0.2, 0.25) is 5.54 Å². The Morgan fingerprint density at radius 3 is 2.00 bits per heavy atom. The van der Waals surface area contributed by atoms with Crippen LogP contribution in [0, 0.1) is 0 Å². The highest BCUT2D eigenvalue weighted by Crippen LogP contribution is 2.45. The van der Waals surface area contributed by atoms with Crippen molar-refractivity contribution in [1.82, 2.24) is 5.32 Å². The molecule has 1 aromatic rings. The number of phenolic OH excluding ortho intramolecular Hbond substituents is 1. The predicted molar refractivity (Wildman–Crippen MR) is 65.4 cm³/mol. The lowest BCUT2D eigenvalue weighted by Gasteiger charge is -2.37. The van der Waals surface area contributed by atoms with E-state index in [4.69, 9.17) is 0 Å². The molecule has 0 saturated heterocycles. The van der Waals surface area contributed by atoms with E-state index in [0.717, 1.165) is 17.4 Å². The number of urea groups is 1. The summed E-state index contributed by atoms with van der Waals surface area (Å²) in [5.74, 6) is -0.501. The maximum atomic E-state index is 12.8. The van der Waals surface area contributed by atoms with E-state index in [1.54, 1.807) is 5.32 Å². The van der Waals surface area contributed by atoms with Crippen molar-refractivity contribution >= 4 is 11.7 Å². The van der Waals surface area contributed by atoms with Crippen molar-refractivity contribution in [3.05, 3.63) is 24.3 Å². The number of rotatable bonds is 3. The van der Waals surface area contributed by atoms with Crippen molar-refractivity contribution in [1.29, 1.82) is 0 Å². The fourth-order valence-electron chi connectivity index (χ4n) is 1.72. The van der Waals surface area contributed by atoms with Gasteiger partial charge in [0, 0.05) is 0 Å². The van der Waals surface area contributed by atoms with Gasteiger partial charge in [-0.25, -0.2) is 4.79 Å². The molecule has 0 aromatic heterocycles. The Morgan fingerprint density at radius 1 is 1.09 bits per heavy atom. The van der Waals surface area contributed by atoms with Crippen molar-refractivity contribution in [2.75, 3.05) is 5.32 Å². The van der Waals surface area contributed by atoms with Gasteiger partial charge < -0.3 is 15.7 Å². The Balaban J connectivity index is 3.06. The molecule has 4 nitrogen and oxygen atoms in total. The minimum Gasteiger partial charge on any atom is -0.506 e. The van der Waals surface area contributed by atoms with Crippen LogP contribution in [0.2, 0.25) is 0 Å². The number of phenols is 1. The number of alkyl halides is 6. The smallest absolute Gasteiger partial charge is 0.420 e. The molecule has 0 aliphatic carbocycles. The van der Waals surface area contributed by atoms with Crippen molar-refractivity contribution in [3.63, 3.8) is 0 Å². The molecule has 0 bridgehead atoms. The van der Waals surface area contributed by atoms with Crippen LogP contribution in [-0.4, -0.2) is 29.0 Å². The van der Waals surface area contributed by atoms with Crippen LogP contribution < -0.4 is 10.6 Å². The minimum absolute atomic E-state index is 0.325. The molecule has 0 unspecified atom stereocenters. The number of carbonyl (C=O) groups excluding carboxylic acids is 1. The zero-order chi connectivity index (χ0) is 17.2. The predicted octanol–water partition coefficient (Wildman–Crippen LogP) is 3.79. The maximum absolute atomic E-state index is 12.8. The number of hydrogen-bond acceptors (Lipinski definition) is 2. The Morgan fingerprint density at radius 2 is 1.59 bits per heavy atom. The molecule has 22 heavy (non-hydrogen) atoms. The Kier molecular flexibility index (Phi) is 4.83. The average molecular weight is 330 g/mol. The Hall–Kier alpha value is -2.13. The van der Waals surface area contributed by atoms with Gasteiger partial charge >= 0.3 is 18.4 Å². The van der Waals surface area contributed by atoms with Gasteiger partial charge in [0.15, 0.2) is 0 Å². The molecule has 3 N–H and O–H groups in total. The number of hydrogen-bond donors (Lipinski definition) is 3. The number of aromatic hydroxyl groups is 1. The van der Waals surface area contributed by atoms with Crippen molar-refractivity contribution in [2.45, 2.75) is 31.2 Å². The first-order valence-electron chi connectivity index (χ1n) is 5.95. The molecule has 0 heterocycles. The summed E-state index contributed by atoms with van der Waals surface area (Å²) in [5, 5.41) is 12.0. The van der Waals surface area contributed by atoms with Gasteiger partial charge in [-0.2, -0.15) is 26.3 Å². The van der Waals surface area contributed by atoms with Gasteiger partial charge in [-0.05, 0) is 18.6 Å². The second-order valence-electron chi connectivity index (χ2n) is 4.35. The monoisotopic (exact) mass is 330 g/mol. The fraction of sp³-hybridized carbons (Fsp3) is 0.417. The van der Waals surface area contributed by atoms with Crippen LogP contribution in [0.4, 0.5) is 36.8 Å². The van der Waals surface area contributed by atoms with E-state index in [1.165, 1.54) is 12.1 Å². The lowest BCUT2D eigenvalue weighted by Crippen LogP contribution is -2.67. The molecule has 0 spiro atoms. The molecule has 2 amide bonds. The van der Waals surface area contributed by atoms with Crippen LogP contribution in [0.5, 0.6) is 5.75 Å². The third-order valence-corrected chi connectivity index (χ3v) is 2.98. The van der Waals surface area contributed by atoms with E-state index in [2.05, 4.69) is 0 Å². The van der Waals surface area contributed by atoms with E-state index in [1.807, 2.05) is 0 Å². The van der Waals surface area contributed by atoms with E-state index in [9.17, 15) is 36.2 Å². The van der Waals surface area contributed by atoms with Gasteiger partial charge in [-0.3, -0.25) is 0 Å². The molecular weight excluding hydrogens is 318 g/mol. The van der Waals surface area contributed by atoms with Gasteiger partial charge in [-0.15, -0.1) is 0 Å². The molecule has 0 aliphatic heterocycles. The summed E-state index contributed by atoms with van der Waals surface area (Å²) < 4.78 is 77.0. The van der Waals surface area contributed by atoms with Crippen LogP contribution in [0.25, 0.3) is 0 Å². The minimum atomic E-state index is -5.74. The summed E-state index contributed by atoms with van der Waals surface area (Å²) in [6, 6.07) is 3.17. The van der Waals surface area contributed by atoms with E-state index >= 15 is 0 Å². The standard InChI is InChI=1S/C12H12F6N2O2/c1-2-10(11(13,14)15,12(16,17)18)20-9(22)19-7-5-3-4-6-8(7)21/h3-6,21H,2H2,1H3,(H2,19,20,22). The number of nitrogens with one attached hydrogen (secondary N) is 2. The lowest BCUT2D eigenvalue weighted by molar-refractivity contribution is -0.304. The van der Waals surface area contributed by atoms with Crippen molar-refractivity contribution in [3.8, 4) is 5.75 Å². The van der Waals surface area contributed by atoms with Gasteiger partial charge in [0.1, 0.15) is 5.75 Å². The third kappa shape index (κ3) is 3.37. The normalized spacial score (nSPS) is 12.9. The summed E-state index contributed by atoms with van der Waals surface area (Å²) in [4.78, 5) is 11.5. The van der Waals surface area contributed by atoms with Gasteiger partial charge in [-0.1, -0.05) is 19.1 Å². The third-order valence-electron chi connectivity index (χ3n) is 2.98. The highest BCUT2D eigenvalue weighted by atomic mass is 19.4. The van der Waals surface area contributed by atoms with Crippen LogP contribution in [0.15, 0.2) is 24.3 Å². The zero-order valence-electron chi connectivity index (χ0n) is 11.1. The summed E-state index contributed by atoms with van der Waals surface area (Å²) in [6.45, 7) is 0.654. The molecule has 10 heteroatoms. The molecule has 0 radical (unpaired) electrons. The Bertz CT molecular complexity index is 527. The Labute approximate surface area is 121 Å². The SMILES string of the molecule is CCC(NC(=O)Nc1ccccc1O)(C(F)(F)F)C(F)(F)F. The molecule has 124 valence electrons. The number of carbonyl (C=O) groups is 1. The first kappa shape index (κ1) is 17.9. The molecule has 0 atom stereocenters. The van der Waals surface area contributed by atoms with Crippen molar-refractivity contribution in [2.24, 2.45) is 0 Å². The molecule has 1 rings (SSSR count). The van der Waals surface area contributed by atoms with Crippen LogP contribution in [0.3, 0.4) is 0 Å². The van der Waals surface area contributed by atoms with Crippen LogP contribution in [0.1, 0.15) is 13.3 Å². The largest absolute Gasteiger partial charge is 0.506 e. The van der Waals surface area contributed by atoms with Crippen molar-refractivity contribution < 1.29 is 36.2 Å². The molecular formula is C12H12F6N2O2. The van der Waals surface area contributed by atoms with Crippen LogP contribution in [-0.2, 0) is 0 Å². The van der Waals surface area contributed by atoms with E-state index in [0.29, 0.717) is 6.92 Å². The zero-order valence-corrected chi connectivity index (χ0v) is 11.1. The second-order valence-corrected chi connectivity index (χ2v) is 4.35. The van der Waals surface area contributed by atoms with Crippen LogP contribution >= 0.6 is 0 Å². The number of halogens is 6. The number of amides is 2. The summed E-state index contributed by atoms with van der Waals surface area (Å²) in [5.41, 5.74) is -4.71. The molecule has 0 saturated carbocycles. The van der Waals surface area contributed by atoms with Gasteiger partial charge in [0.25, 0.3) is 0 Å². The lowest BCUT2D eigenvalue weighted by atomic mass is 9.94. The quantitative estimate of drug-likeness (QED) is 0.583. The fourth-order valence-corrected chi connectivity index (χ4v) is 1.72. The summed E-state index contributed by atoms with van der Waals surface area (Å²) >= 11 is 0. The highest BCUT2D eigenvalue weighted by Gasteiger charge is 2.70. The van der Waals surface area contributed by atoms with E-state index in [-0.39, 0.29) is 5.69 Å². The number of anilines is 1.